The molecular formula is C12H14F3NO. The second-order valence-corrected chi connectivity index (χ2v) is 4.25. The van der Waals surface area contributed by atoms with Gasteiger partial charge in [0.1, 0.15) is 0 Å². The van der Waals surface area contributed by atoms with Crippen LogP contribution in [0.3, 0.4) is 0 Å². The minimum atomic E-state index is -4.30. The molecule has 1 N–H and O–H groups in total. The summed E-state index contributed by atoms with van der Waals surface area (Å²) in [6.45, 7) is 3.03. The first-order chi connectivity index (χ1) is 7.97. The van der Waals surface area contributed by atoms with Gasteiger partial charge in [-0.25, -0.2) is 0 Å². The van der Waals surface area contributed by atoms with Crippen LogP contribution in [-0.4, -0.2) is 19.2 Å². The Balaban J connectivity index is 2.16. The molecule has 1 fully saturated rings. The molecule has 0 saturated carbocycles. The first kappa shape index (κ1) is 12.4. The van der Waals surface area contributed by atoms with Gasteiger partial charge in [0.2, 0.25) is 0 Å². The fourth-order valence-electron chi connectivity index (χ4n) is 1.82. The van der Waals surface area contributed by atoms with Gasteiger partial charge < -0.3 is 10.1 Å². The number of benzene rings is 1. The van der Waals surface area contributed by atoms with Gasteiger partial charge in [-0.05, 0) is 24.6 Å². The van der Waals surface area contributed by atoms with E-state index >= 15 is 0 Å². The number of rotatable bonds is 1. The molecule has 1 aromatic carbocycles. The Kier molecular flexibility index (Phi) is 3.40. The zero-order valence-electron chi connectivity index (χ0n) is 9.42. The molecule has 2 atom stereocenters. The third-order valence-electron chi connectivity index (χ3n) is 2.78. The summed E-state index contributed by atoms with van der Waals surface area (Å²) in [4.78, 5) is 0. The molecule has 94 valence electrons. The SMILES string of the molecule is C[C@@H]1CO[C@H](c2cccc(C(F)(F)F)c2)CN1. The van der Waals surface area contributed by atoms with E-state index in [4.69, 9.17) is 4.74 Å². The lowest BCUT2D eigenvalue weighted by molar-refractivity contribution is -0.137. The number of morpholine rings is 1. The molecule has 2 nitrogen and oxygen atoms in total. The van der Waals surface area contributed by atoms with Crippen LogP contribution in [0.2, 0.25) is 0 Å². The molecule has 0 aromatic heterocycles. The van der Waals surface area contributed by atoms with Gasteiger partial charge in [0.15, 0.2) is 0 Å². The summed E-state index contributed by atoms with van der Waals surface area (Å²) in [5, 5.41) is 3.18. The van der Waals surface area contributed by atoms with E-state index in [0.717, 1.165) is 12.1 Å². The van der Waals surface area contributed by atoms with E-state index in [1.165, 1.54) is 6.07 Å². The van der Waals surface area contributed by atoms with Crippen LogP contribution in [-0.2, 0) is 10.9 Å². The van der Waals surface area contributed by atoms with Crippen molar-refractivity contribution in [3.63, 3.8) is 0 Å². The van der Waals surface area contributed by atoms with Crippen molar-refractivity contribution in [1.82, 2.24) is 5.32 Å². The van der Waals surface area contributed by atoms with Crippen molar-refractivity contribution >= 4 is 0 Å². The third-order valence-corrected chi connectivity index (χ3v) is 2.78. The quantitative estimate of drug-likeness (QED) is 0.821. The maximum absolute atomic E-state index is 12.5. The Morgan fingerprint density at radius 3 is 2.71 bits per heavy atom. The van der Waals surface area contributed by atoms with Crippen LogP contribution in [0.1, 0.15) is 24.2 Å². The fraction of sp³-hybridized carbons (Fsp3) is 0.500. The summed E-state index contributed by atoms with van der Waals surface area (Å²) in [6, 6.07) is 5.55. The van der Waals surface area contributed by atoms with E-state index in [0.29, 0.717) is 18.7 Å². The summed E-state index contributed by atoms with van der Waals surface area (Å²) in [5.74, 6) is 0. The predicted octanol–water partition coefficient (Wildman–Crippen LogP) is 2.75. The fourth-order valence-corrected chi connectivity index (χ4v) is 1.82. The highest BCUT2D eigenvalue weighted by molar-refractivity contribution is 5.27. The second kappa shape index (κ2) is 4.66. The molecule has 1 aromatic rings. The van der Waals surface area contributed by atoms with Crippen molar-refractivity contribution in [2.24, 2.45) is 0 Å². The van der Waals surface area contributed by atoms with Crippen LogP contribution in [0.15, 0.2) is 24.3 Å². The average Bonchev–Trinajstić information content (AvgIpc) is 2.29. The van der Waals surface area contributed by atoms with Crippen LogP contribution in [0.25, 0.3) is 0 Å². The Hall–Kier alpha value is -1.07. The Morgan fingerprint density at radius 1 is 1.35 bits per heavy atom. The van der Waals surface area contributed by atoms with Crippen molar-refractivity contribution in [2.45, 2.75) is 25.2 Å². The molecular weight excluding hydrogens is 231 g/mol. The molecule has 1 saturated heterocycles. The summed E-state index contributed by atoms with van der Waals surface area (Å²) in [6.07, 6.45) is -4.60. The maximum atomic E-state index is 12.5. The minimum absolute atomic E-state index is 0.247. The minimum Gasteiger partial charge on any atom is -0.371 e. The van der Waals surface area contributed by atoms with Gasteiger partial charge >= 0.3 is 6.18 Å². The molecule has 1 aliphatic rings. The highest BCUT2D eigenvalue weighted by Crippen LogP contribution is 2.31. The van der Waals surface area contributed by atoms with Crippen molar-refractivity contribution < 1.29 is 17.9 Å². The molecule has 0 bridgehead atoms. The summed E-state index contributed by atoms with van der Waals surface area (Å²) in [7, 11) is 0. The highest BCUT2D eigenvalue weighted by Gasteiger charge is 2.31. The van der Waals surface area contributed by atoms with Crippen LogP contribution >= 0.6 is 0 Å². The monoisotopic (exact) mass is 245 g/mol. The standard InChI is InChI=1S/C12H14F3NO/c1-8-7-17-11(6-16-8)9-3-2-4-10(5-9)12(13,14)15/h2-5,8,11,16H,6-7H2,1H3/t8-,11+/m1/s1. The molecule has 5 heteroatoms. The topological polar surface area (TPSA) is 21.3 Å². The van der Waals surface area contributed by atoms with Gasteiger partial charge in [0.25, 0.3) is 0 Å². The molecule has 2 rings (SSSR count). The van der Waals surface area contributed by atoms with Gasteiger partial charge in [-0.1, -0.05) is 12.1 Å². The van der Waals surface area contributed by atoms with Crippen molar-refractivity contribution in [3.8, 4) is 0 Å². The number of hydrogen-bond acceptors (Lipinski definition) is 2. The first-order valence-electron chi connectivity index (χ1n) is 5.49. The highest BCUT2D eigenvalue weighted by atomic mass is 19.4. The maximum Gasteiger partial charge on any atom is 0.416 e. The van der Waals surface area contributed by atoms with Crippen molar-refractivity contribution in [3.05, 3.63) is 35.4 Å². The number of ether oxygens (including phenoxy) is 1. The van der Waals surface area contributed by atoms with Gasteiger partial charge in [0, 0.05) is 12.6 Å². The molecule has 0 radical (unpaired) electrons. The van der Waals surface area contributed by atoms with Crippen LogP contribution in [0.4, 0.5) is 13.2 Å². The zero-order valence-corrected chi connectivity index (χ0v) is 9.42. The molecule has 1 heterocycles. The molecule has 0 unspecified atom stereocenters. The third kappa shape index (κ3) is 2.98. The van der Waals surface area contributed by atoms with E-state index in [1.54, 1.807) is 6.07 Å². The van der Waals surface area contributed by atoms with Crippen molar-refractivity contribution in [2.75, 3.05) is 13.2 Å². The van der Waals surface area contributed by atoms with Gasteiger partial charge in [-0.15, -0.1) is 0 Å². The smallest absolute Gasteiger partial charge is 0.371 e. The number of halogens is 3. The Labute approximate surface area is 97.8 Å². The molecule has 0 amide bonds. The normalized spacial score (nSPS) is 25.9. The first-order valence-corrected chi connectivity index (χ1v) is 5.49. The molecule has 1 aliphatic heterocycles. The zero-order chi connectivity index (χ0) is 12.5. The van der Waals surface area contributed by atoms with Crippen LogP contribution in [0, 0.1) is 0 Å². The largest absolute Gasteiger partial charge is 0.416 e. The van der Waals surface area contributed by atoms with E-state index in [-0.39, 0.29) is 12.1 Å². The average molecular weight is 245 g/mol. The predicted molar refractivity (Wildman–Crippen MR) is 57.6 cm³/mol. The molecule has 0 aliphatic carbocycles. The van der Waals surface area contributed by atoms with Gasteiger partial charge in [-0.3, -0.25) is 0 Å². The Bertz CT molecular complexity index is 384. The van der Waals surface area contributed by atoms with Crippen molar-refractivity contribution in [1.29, 1.82) is 0 Å². The van der Waals surface area contributed by atoms with E-state index in [1.807, 2.05) is 6.92 Å². The lowest BCUT2D eigenvalue weighted by atomic mass is 10.0. The number of nitrogens with one attached hydrogen (secondary N) is 1. The molecule has 0 spiro atoms. The lowest BCUT2D eigenvalue weighted by Gasteiger charge is -2.28. The van der Waals surface area contributed by atoms with Gasteiger partial charge in [0.05, 0.1) is 18.3 Å². The summed E-state index contributed by atoms with van der Waals surface area (Å²) < 4.78 is 43.1. The molecule has 17 heavy (non-hydrogen) atoms. The lowest BCUT2D eigenvalue weighted by Crippen LogP contribution is -2.40. The number of hydrogen-bond donors (Lipinski definition) is 1. The number of alkyl halides is 3. The summed E-state index contributed by atoms with van der Waals surface area (Å²) >= 11 is 0. The van der Waals surface area contributed by atoms with E-state index in [9.17, 15) is 13.2 Å². The Morgan fingerprint density at radius 2 is 2.12 bits per heavy atom. The van der Waals surface area contributed by atoms with Gasteiger partial charge in [-0.2, -0.15) is 13.2 Å². The van der Waals surface area contributed by atoms with Crippen LogP contribution in [0.5, 0.6) is 0 Å². The second-order valence-electron chi connectivity index (χ2n) is 4.25. The van der Waals surface area contributed by atoms with E-state index in [2.05, 4.69) is 5.32 Å². The van der Waals surface area contributed by atoms with E-state index < -0.39 is 11.7 Å². The van der Waals surface area contributed by atoms with Crippen LogP contribution < -0.4 is 5.32 Å². The summed E-state index contributed by atoms with van der Waals surface area (Å²) in [5.41, 5.74) is -0.0588.